The predicted molar refractivity (Wildman–Crippen MR) is 87.5 cm³/mol. The van der Waals surface area contributed by atoms with Crippen molar-refractivity contribution in [2.75, 3.05) is 13.1 Å². The van der Waals surface area contributed by atoms with Crippen LogP contribution in [0.2, 0.25) is 0 Å². The number of nitriles is 2. The van der Waals surface area contributed by atoms with E-state index in [0.29, 0.717) is 5.69 Å². The number of amides is 1. The molecule has 0 atom stereocenters. The lowest BCUT2D eigenvalue weighted by atomic mass is 10.1. The Bertz CT molecular complexity index is 853. The van der Waals surface area contributed by atoms with Crippen LogP contribution in [-0.4, -0.2) is 33.7 Å². The maximum absolute atomic E-state index is 12.8. The molecule has 0 radical (unpaired) electrons. The van der Waals surface area contributed by atoms with E-state index < -0.39 is 0 Å². The third-order valence-electron chi connectivity index (χ3n) is 4.29. The van der Waals surface area contributed by atoms with Gasteiger partial charge in [-0.25, -0.2) is 4.68 Å². The summed E-state index contributed by atoms with van der Waals surface area (Å²) < 4.78 is 1.85. The Hall–Kier alpha value is -3.12. The van der Waals surface area contributed by atoms with Gasteiger partial charge in [0.2, 0.25) is 0 Å². The van der Waals surface area contributed by atoms with Gasteiger partial charge in [0.25, 0.3) is 5.91 Å². The average molecular weight is 319 g/mol. The SMILES string of the molecule is Cc1ccccc1-n1nc(C(=O)N(CC#N)CC#N)c2c1CCC2. The van der Waals surface area contributed by atoms with Crippen LogP contribution in [0.25, 0.3) is 5.69 Å². The van der Waals surface area contributed by atoms with Gasteiger partial charge < -0.3 is 4.90 Å². The van der Waals surface area contributed by atoms with Crippen molar-refractivity contribution in [3.63, 3.8) is 0 Å². The van der Waals surface area contributed by atoms with E-state index in [4.69, 9.17) is 10.5 Å². The Balaban J connectivity index is 2.07. The zero-order valence-electron chi connectivity index (χ0n) is 13.5. The molecular formula is C18H17N5O. The molecule has 1 aliphatic rings. The molecule has 1 aliphatic carbocycles. The summed E-state index contributed by atoms with van der Waals surface area (Å²) in [5.74, 6) is -0.344. The summed E-state index contributed by atoms with van der Waals surface area (Å²) in [7, 11) is 0. The van der Waals surface area contributed by atoms with Gasteiger partial charge in [-0.3, -0.25) is 4.79 Å². The fraction of sp³-hybridized carbons (Fsp3) is 0.333. The number of aromatic nitrogens is 2. The largest absolute Gasteiger partial charge is 0.311 e. The summed E-state index contributed by atoms with van der Waals surface area (Å²) in [6.45, 7) is 1.79. The van der Waals surface area contributed by atoms with Crippen molar-refractivity contribution in [3.8, 4) is 17.8 Å². The van der Waals surface area contributed by atoms with Gasteiger partial charge >= 0.3 is 0 Å². The van der Waals surface area contributed by atoms with E-state index in [2.05, 4.69) is 5.10 Å². The van der Waals surface area contributed by atoms with E-state index in [-0.39, 0.29) is 19.0 Å². The molecule has 1 aromatic carbocycles. The van der Waals surface area contributed by atoms with Crippen LogP contribution in [0.15, 0.2) is 24.3 Å². The first-order chi connectivity index (χ1) is 11.7. The van der Waals surface area contributed by atoms with Gasteiger partial charge in [-0.1, -0.05) is 18.2 Å². The summed E-state index contributed by atoms with van der Waals surface area (Å²) >= 11 is 0. The molecule has 0 saturated carbocycles. The lowest BCUT2D eigenvalue weighted by Crippen LogP contribution is -2.32. The highest BCUT2D eigenvalue weighted by Crippen LogP contribution is 2.29. The summed E-state index contributed by atoms with van der Waals surface area (Å²) in [5.41, 5.74) is 4.42. The molecule has 2 aromatic rings. The molecule has 0 spiro atoms. The Kier molecular flexibility index (Phi) is 4.31. The topological polar surface area (TPSA) is 85.7 Å². The molecule has 1 heterocycles. The van der Waals surface area contributed by atoms with Gasteiger partial charge in [0.15, 0.2) is 5.69 Å². The number of carbonyl (C=O) groups is 1. The minimum absolute atomic E-state index is 0.113. The summed E-state index contributed by atoms with van der Waals surface area (Å²) in [5, 5.41) is 22.3. The molecule has 0 N–H and O–H groups in total. The van der Waals surface area contributed by atoms with E-state index in [1.54, 1.807) is 0 Å². The van der Waals surface area contributed by atoms with Crippen LogP contribution in [0.1, 0.15) is 33.7 Å². The van der Waals surface area contributed by atoms with E-state index in [1.165, 1.54) is 4.90 Å². The highest BCUT2D eigenvalue weighted by Gasteiger charge is 2.29. The number of aryl methyl sites for hydroxylation is 1. The molecular weight excluding hydrogens is 302 g/mol. The fourth-order valence-electron chi connectivity index (χ4n) is 3.13. The molecule has 120 valence electrons. The van der Waals surface area contributed by atoms with Crippen LogP contribution in [0.4, 0.5) is 0 Å². The highest BCUT2D eigenvalue weighted by molar-refractivity contribution is 5.94. The molecule has 1 aromatic heterocycles. The normalized spacial score (nSPS) is 12.3. The van der Waals surface area contributed by atoms with Crippen molar-refractivity contribution in [1.29, 1.82) is 10.5 Å². The molecule has 0 aliphatic heterocycles. The van der Waals surface area contributed by atoms with Gasteiger partial charge in [-0.05, 0) is 37.8 Å². The van der Waals surface area contributed by atoms with Crippen molar-refractivity contribution in [1.82, 2.24) is 14.7 Å². The van der Waals surface area contributed by atoms with E-state index in [1.807, 2.05) is 48.0 Å². The Morgan fingerprint density at radius 1 is 1.25 bits per heavy atom. The van der Waals surface area contributed by atoms with Crippen LogP contribution >= 0.6 is 0 Å². The smallest absolute Gasteiger partial charge is 0.276 e. The number of nitrogens with zero attached hydrogens (tertiary/aromatic N) is 5. The predicted octanol–water partition coefficient (Wildman–Crippen LogP) is 2.16. The number of fused-ring (bicyclic) bond motifs is 1. The van der Waals surface area contributed by atoms with Crippen molar-refractivity contribution in [3.05, 3.63) is 46.8 Å². The maximum Gasteiger partial charge on any atom is 0.276 e. The number of carbonyl (C=O) groups excluding carboxylic acids is 1. The van der Waals surface area contributed by atoms with Crippen molar-refractivity contribution >= 4 is 5.91 Å². The first-order valence-corrected chi connectivity index (χ1v) is 7.87. The Morgan fingerprint density at radius 2 is 1.96 bits per heavy atom. The minimum atomic E-state index is -0.344. The van der Waals surface area contributed by atoms with Crippen molar-refractivity contribution < 1.29 is 4.79 Å². The second-order valence-corrected chi connectivity index (χ2v) is 5.80. The number of benzene rings is 1. The Labute approximate surface area is 140 Å². The second-order valence-electron chi connectivity index (χ2n) is 5.80. The lowest BCUT2D eigenvalue weighted by Gasteiger charge is -2.14. The standard InChI is InChI=1S/C18H17N5O/c1-13-5-2-3-7-15(13)23-16-8-4-6-14(16)17(21-23)18(24)22(11-9-19)12-10-20/h2-3,5,7H,4,6,8,11-12H2,1H3. The van der Waals surface area contributed by atoms with Crippen LogP contribution in [0, 0.1) is 29.6 Å². The van der Waals surface area contributed by atoms with Crippen LogP contribution in [0.5, 0.6) is 0 Å². The minimum Gasteiger partial charge on any atom is -0.311 e. The van der Waals surface area contributed by atoms with Crippen LogP contribution in [-0.2, 0) is 12.8 Å². The summed E-state index contributed by atoms with van der Waals surface area (Å²) in [6, 6.07) is 11.8. The molecule has 0 unspecified atom stereocenters. The van der Waals surface area contributed by atoms with Crippen molar-refractivity contribution in [2.45, 2.75) is 26.2 Å². The zero-order chi connectivity index (χ0) is 17.1. The van der Waals surface area contributed by atoms with Gasteiger partial charge in [0.05, 0.1) is 17.8 Å². The molecule has 0 saturated heterocycles. The van der Waals surface area contributed by atoms with Gasteiger partial charge in [0, 0.05) is 11.3 Å². The molecule has 0 fully saturated rings. The summed E-state index contributed by atoms with van der Waals surface area (Å²) in [6.07, 6.45) is 2.66. The molecule has 6 nitrogen and oxygen atoms in total. The number of rotatable bonds is 4. The number of hydrogen-bond donors (Lipinski definition) is 0. The first kappa shape index (κ1) is 15.8. The average Bonchev–Trinajstić information content (AvgIpc) is 3.17. The van der Waals surface area contributed by atoms with Gasteiger partial charge in [-0.2, -0.15) is 15.6 Å². The molecule has 24 heavy (non-hydrogen) atoms. The number of hydrogen-bond acceptors (Lipinski definition) is 4. The quantitative estimate of drug-likeness (QED) is 0.808. The highest BCUT2D eigenvalue weighted by atomic mass is 16.2. The van der Waals surface area contributed by atoms with Gasteiger partial charge in [-0.15, -0.1) is 0 Å². The molecule has 0 bridgehead atoms. The molecule has 6 heteroatoms. The molecule has 3 rings (SSSR count). The number of para-hydroxylation sites is 1. The van der Waals surface area contributed by atoms with Gasteiger partial charge in [0.1, 0.15) is 13.1 Å². The molecule has 1 amide bonds. The third-order valence-corrected chi connectivity index (χ3v) is 4.29. The van der Waals surface area contributed by atoms with Crippen molar-refractivity contribution in [2.24, 2.45) is 0 Å². The lowest BCUT2D eigenvalue weighted by molar-refractivity contribution is 0.0787. The maximum atomic E-state index is 12.8. The fourth-order valence-corrected chi connectivity index (χ4v) is 3.13. The Morgan fingerprint density at radius 3 is 2.62 bits per heavy atom. The van der Waals surface area contributed by atoms with E-state index >= 15 is 0 Å². The second kappa shape index (κ2) is 6.55. The zero-order valence-corrected chi connectivity index (χ0v) is 13.5. The monoisotopic (exact) mass is 319 g/mol. The third kappa shape index (κ3) is 2.63. The first-order valence-electron chi connectivity index (χ1n) is 7.87. The summed E-state index contributed by atoms with van der Waals surface area (Å²) in [4.78, 5) is 14.0. The van der Waals surface area contributed by atoms with Crippen LogP contribution in [0.3, 0.4) is 0 Å². The van der Waals surface area contributed by atoms with Crippen LogP contribution < -0.4 is 0 Å². The van der Waals surface area contributed by atoms with E-state index in [9.17, 15) is 4.79 Å². The van der Waals surface area contributed by atoms with E-state index in [0.717, 1.165) is 41.8 Å².